The lowest BCUT2D eigenvalue weighted by Gasteiger charge is -1.98. The van der Waals surface area contributed by atoms with Gasteiger partial charge in [-0.3, -0.25) is 0 Å². The quantitative estimate of drug-likeness (QED) is 0.734. The maximum absolute atomic E-state index is 4.56. The van der Waals surface area contributed by atoms with Gasteiger partial charge in [0.1, 0.15) is 0 Å². The number of hydrogen-bond acceptors (Lipinski definition) is 6. The highest BCUT2D eigenvalue weighted by Gasteiger charge is 2.11. The zero-order valence-corrected chi connectivity index (χ0v) is 11.4. The molecule has 0 fully saturated rings. The van der Waals surface area contributed by atoms with E-state index in [0.717, 1.165) is 28.0 Å². The molecule has 3 rings (SSSR count). The van der Waals surface area contributed by atoms with E-state index in [1.807, 2.05) is 22.9 Å². The third-order valence-corrected chi connectivity index (χ3v) is 4.46. The number of thiazole rings is 1. The summed E-state index contributed by atoms with van der Waals surface area (Å²) < 4.78 is 3.98. The summed E-state index contributed by atoms with van der Waals surface area (Å²) in [5.74, 6) is 0. The van der Waals surface area contributed by atoms with Crippen LogP contribution in [0.25, 0.3) is 10.2 Å². The smallest absolute Gasteiger partial charge is 0.216 e. The van der Waals surface area contributed by atoms with Crippen molar-refractivity contribution >= 4 is 33.3 Å². The highest BCUT2D eigenvalue weighted by atomic mass is 32.2. The van der Waals surface area contributed by atoms with Crippen molar-refractivity contribution in [3.8, 4) is 0 Å². The van der Waals surface area contributed by atoms with Crippen molar-refractivity contribution in [2.75, 3.05) is 0 Å². The van der Waals surface area contributed by atoms with E-state index >= 15 is 0 Å². The minimum atomic E-state index is 0.802. The van der Waals surface area contributed by atoms with E-state index in [2.05, 4.69) is 33.5 Å². The highest BCUT2D eigenvalue weighted by molar-refractivity contribution is 8.01. The van der Waals surface area contributed by atoms with Crippen LogP contribution in [0.1, 0.15) is 13.3 Å². The van der Waals surface area contributed by atoms with E-state index in [-0.39, 0.29) is 0 Å². The van der Waals surface area contributed by atoms with Gasteiger partial charge in [0.2, 0.25) is 5.16 Å². The fraction of sp³-hybridized carbons (Fsp3) is 0.273. The van der Waals surface area contributed by atoms with Gasteiger partial charge in [0.05, 0.1) is 10.2 Å². The Bertz CT molecular complexity index is 627. The van der Waals surface area contributed by atoms with Crippen LogP contribution in [0.2, 0.25) is 0 Å². The molecule has 1 aromatic carbocycles. The van der Waals surface area contributed by atoms with Gasteiger partial charge in [0.25, 0.3) is 0 Å². The van der Waals surface area contributed by atoms with Gasteiger partial charge in [-0.25, -0.2) is 9.67 Å². The molecule has 0 aliphatic heterocycles. The molecule has 0 spiro atoms. The second-order valence-corrected chi connectivity index (χ2v) is 5.98. The van der Waals surface area contributed by atoms with Gasteiger partial charge in [-0.15, -0.1) is 16.4 Å². The van der Waals surface area contributed by atoms with Crippen molar-refractivity contribution in [2.45, 2.75) is 29.4 Å². The second-order valence-electron chi connectivity index (χ2n) is 3.73. The van der Waals surface area contributed by atoms with Crippen molar-refractivity contribution < 1.29 is 0 Å². The molecule has 0 amide bonds. The van der Waals surface area contributed by atoms with Gasteiger partial charge >= 0.3 is 0 Å². The summed E-state index contributed by atoms with van der Waals surface area (Å²) >= 11 is 3.19. The van der Waals surface area contributed by atoms with Crippen molar-refractivity contribution in [1.29, 1.82) is 0 Å². The number of rotatable bonds is 4. The Morgan fingerprint density at radius 2 is 2.22 bits per heavy atom. The SMILES string of the molecule is CCCn1nnnc1Sc1nc2ccccc2s1. The van der Waals surface area contributed by atoms with E-state index in [4.69, 9.17) is 0 Å². The minimum absolute atomic E-state index is 0.802. The number of aromatic nitrogens is 5. The Morgan fingerprint density at radius 3 is 3.06 bits per heavy atom. The van der Waals surface area contributed by atoms with Crippen LogP contribution < -0.4 is 0 Å². The molecule has 0 bridgehead atoms. The minimum Gasteiger partial charge on any atom is -0.229 e. The number of nitrogens with zero attached hydrogens (tertiary/aromatic N) is 5. The molecule has 0 aliphatic rings. The van der Waals surface area contributed by atoms with Gasteiger partial charge in [-0.1, -0.05) is 19.1 Å². The number of aryl methyl sites for hydroxylation is 1. The van der Waals surface area contributed by atoms with Crippen molar-refractivity contribution in [1.82, 2.24) is 25.2 Å². The largest absolute Gasteiger partial charge is 0.229 e. The Morgan fingerprint density at radius 1 is 1.33 bits per heavy atom. The van der Waals surface area contributed by atoms with Crippen LogP contribution >= 0.6 is 23.1 Å². The topological polar surface area (TPSA) is 56.5 Å². The van der Waals surface area contributed by atoms with Gasteiger partial charge in [-0.2, -0.15) is 0 Å². The molecule has 0 atom stereocenters. The van der Waals surface area contributed by atoms with Crippen LogP contribution in [-0.2, 0) is 6.54 Å². The number of hydrogen-bond donors (Lipinski definition) is 0. The van der Waals surface area contributed by atoms with Gasteiger partial charge in [0, 0.05) is 6.54 Å². The first-order chi connectivity index (χ1) is 8.86. The number of tetrazole rings is 1. The third-order valence-electron chi connectivity index (χ3n) is 2.39. The summed E-state index contributed by atoms with van der Waals surface area (Å²) in [5.41, 5.74) is 1.03. The monoisotopic (exact) mass is 277 g/mol. The molecule has 5 nitrogen and oxygen atoms in total. The zero-order valence-electron chi connectivity index (χ0n) is 9.78. The maximum Gasteiger partial charge on any atom is 0.216 e. The van der Waals surface area contributed by atoms with Crippen LogP contribution in [0, 0.1) is 0 Å². The summed E-state index contributed by atoms with van der Waals surface area (Å²) in [5, 5.41) is 12.5. The Kier molecular flexibility index (Phi) is 3.24. The van der Waals surface area contributed by atoms with Crippen LogP contribution in [0.4, 0.5) is 0 Å². The average Bonchev–Trinajstić information content (AvgIpc) is 2.97. The Hall–Kier alpha value is -1.47. The molecule has 7 heteroatoms. The lowest BCUT2D eigenvalue weighted by atomic mass is 10.3. The molecule has 0 saturated carbocycles. The normalized spacial score (nSPS) is 11.2. The zero-order chi connectivity index (χ0) is 12.4. The van der Waals surface area contributed by atoms with E-state index in [1.165, 1.54) is 16.5 Å². The average molecular weight is 277 g/mol. The fourth-order valence-corrected chi connectivity index (χ4v) is 3.56. The standard InChI is InChI=1S/C11H11N5S2/c1-2-7-16-10(13-14-15-16)18-11-12-8-5-3-4-6-9(8)17-11/h3-6H,2,7H2,1H3. The molecule has 0 N–H and O–H groups in total. The highest BCUT2D eigenvalue weighted by Crippen LogP contribution is 2.32. The molecule has 0 unspecified atom stereocenters. The Balaban J connectivity index is 1.89. The molecule has 92 valence electrons. The number of para-hydroxylation sites is 1. The van der Waals surface area contributed by atoms with E-state index in [1.54, 1.807) is 11.3 Å². The van der Waals surface area contributed by atoms with Crippen LogP contribution in [-0.4, -0.2) is 25.2 Å². The first-order valence-corrected chi connectivity index (χ1v) is 7.29. The Labute approximate surface area is 112 Å². The first kappa shape index (κ1) is 11.6. The molecular formula is C11H11N5S2. The lowest BCUT2D eigenvalue weighted by Crippen LogP contribution is -2.00. The van der Waals surface area contributed by atoms with Crippen molar-refractivity contribution in [3.63, 3.8) is 0 Å². The second kappa shape index (κ2) is 5.03. The third kappa shape index (κ3) is 2.23. The predicted octanol–water partition coefficient (Wildman–Crippen LogP) is 2.84. The fourth-order valence-electron chi connectivity index (χ4n) is 1.59. The number of fused-ring (bicyclic) bond motifs is 1. The molecule has 0 radical (unpaired) electrons. The van der Waals surface area contributed by atoms with E-state index < -0.39 is 0 Å². The molecule has 2 aromatic heterocycles. The van der Waals surface area contributed by atoms with E-state index in [9.17, 15) is 0 Å². The van der Waals surface area contributed by atoms with Gasteiger partial charge < -0.3 is 0 Å². The summed E-state index contributed by atoms with van der Waals surface area (Å²) in [7, 11) is 0. The van der Waals surface area contributed by atoms with E-state index in [0.29, 0.717) is 0 Å². The van der Waals surface area contributed by atoms with Crippen LogP contribution in [0.15, 0.2) is 33.8 Å². The van der Waals surface area contributed by atoms with Crippen molar-refractivity contribution in [3.05, 3.63) is 24.3 Å². The number of benzene rings is 1. The first-order valence-electron chi connectivity index (χ1n) is 5.66. The van der Waals surface area contributed by atoms with Gasteiger partial charge in [0.15, 0.2) is 4.34 Å². The molecule has 3 aromatic rings. The lowest BCUT2D eigenvalue weighted by molar-refractivity contribution is 0.539. The maximum atomic E-state index is 4.56. The summed E-state index contributed by atoms with van der Waals surface area (Å²) in [6.07, 6.45) is 1.01. The van der Waals surface area contributed by atoms with Gasteiger partial charge in [-0.05, 0) is 40.7 Å². The predicted molar refractivity (Wildman–Crippen MR) is 71.9 cm³/mol. The summed E-state index contributed by atoms with van der Waals surface area (Å²) in [6, 6.07) is 8.12. The summed E-state index contributed by atoms with van der Waals surface area (Å²) in [4.78, 5) is 4.56. The van der Waals surface area contributed by atoms with Crippen molar-refractivity contribution in [2.24, 2.45) is 0 Å². The molecule has 18 heavy (non-hydrogen) atoms. The molecule has 0 aliphatic carbocycles. The molecule has 2 heterocycles. The van der Waals surface area contributed by atoms with Crippen LogP contribution in [0.5, 0.6) is 0 Å². The molecular weight excluding hydrogens is 266 g/mol. The molecule has 0 saturated heterocycles. The summed E-state index contributed by atoms with van der Waals surface area (Å²) in [6.45, 7) is 2.94. The van der Waals surface area contributed by atoms with Crippen LogP contribution in [0.3, 0.4) is 0 Å².